The molecule has 4 rings (SSSR count). The van der Waals surface area contributed by atoms with Crippen LogP contribution in [-0.4, -0.2) is 46.5 Å². The lowest BCUT2D eigenvalue weighted by molar-refractivity contribution is -0.139. The molecule has 1 aromatic heterocycles. The third-order valence-corrected chi connectivity index (χ3v) is 6.28. The first-order chi connectivity index (χ1) is 11.5. The first-order valence-corrected chi connectivity index (χ1v) is 9.34. The Hall–Kier alpha value is -1.65. The third kappa shape index (κ3) is 2.78. The van der Waals surface area contributed by atoms with E-state index in [-0.39, 0.29) is 0 Å². The van der Waals surface area contributed by atoms with Gasteiger partial charge >= 0.3 is 0 Å². The number of hydrogen-bond donors (Lipinski definition) is 0. The summed E-state index contributed by atoms with van der Waals surface area (Å²) in [4.78, 5) is 26.0. The molecule has 0 N–H and O–H groups in total. The van der Waals surface area contributed by atoms with E-state index in [4.69, 9.17) is 4.98 Å². The van der Waals surface area contributed by atoms with Crippen LogP contribution in [0.15, 0.2) is 0 Å². The number of anilines is 1. The molecule has 1 aliphatic carbocycles. The molecule has 0 unspecified atom stereocenters. The first-order valence-electron chi connectivity index (χ1n) is 9.34. The third-order valence-electron chi connectivity index (χ3n) is 6.28. The van der Waals surface area contributed by atoms with Crippen LogP contribution in [0.2, 0.25) is 0 Å². The fraction of sp³-hybridized carbons (Fsp3) is 0.737. The molecular weight excluding hydrogens is 300 g/mol. The molecule has 1 saturated carbocycles. The van der Waals surface area contributed by atoms with Crippen LogP contribution in [0.3, 0.4) is 0 Å². The van der Waals surface area contributed by atoms with Gasteiger partial charge in [-0.15, -0.1) is 0 Å². The number of aromatic nitrogens is 2. The zero-order valence-corrected chi connectivity index (χ0v) is 15.1. The van der Waals surface area contributed by atoms with Crippen LogP contribution in [0.5, 0.6) is 0 Å². The summed E-state index contributed by atoms with van der Waals surface area (Å²) >= 11 is 0. The Kier molecular flexibility index (Phi) is 3.77. The summed E-state index contributed by atoms with van der Waals surface area (Å²) in [5.41, 5.74) is 2.63. The Labute approximate surface area is 144 Å². The molecule has 3 fully saturated rings. The highest BCUT2D eigenvalue weighted by Crippen LogP contribution is 2.44. The van der Waals surface area contributed by atoms with Gasteiger partial charge in [0, 0.05) is 43.4 Å². The average Bonchev–Trinajstić information content (AvgIpc) is 3.39. The molecule has 5 nitrogen and oxygen atoms in total. The molecule has 1 spiro atoms. The Morgan fingerprint density at radius 1 is 1.04 bits per heavy atom. The van der Waals surface area contributed by atoms with E-state index < -0.39 is 0 Å². The predicted octanol–water partition coefficient (Wildman–Crippen LogP) is 2.77. The molecule has 3 aliphatic rings. The van der Waals surface area contributed by atoms with Crippen molar-refractivity contribution in [3.63, 3.8) is 0 Å². The Balaban J connectivity index is 1.48. The van der Waals surface area contributed by atoms with Crippen LogP contribution in [0.25, 0.3) is 0 Å². The van der Waals surface area contributed by atoms with E-state index >= 15 is 0 Å². The van der Waals surface area contributed by atoms with Crippen molar-refractivity contribution in [3.8, 4) is 0 Å². The second-order valence-electron chi connectivity index (χ2n) is 8.04. The normalized spacial score (nSPS) is 23.9. The van der Waals surface area contributed by atoms with Gasteiger partial charge in [-0.2, -0.15) is 0 Å². The van der Waals surface area contributed by atoms with E-state index in [2.05, 4.69) is 28.6 Å². The maximum Gasteiger partial charge on any atom is 0.222 e. The minimum atomic E-state index is 0.345. The first kappa shape index (κ1) is 15.9. The van der Waals surface area contributed by atoms with Gasteiger partial charge in [0.25, 0.3) is 0 Å². The molecule has 130 valence electrons. The second-order valence-corrected chi connectivity index (χ2v) is 8.04. The van der Waals surface area contributed by atoms with Gasteiger partial charge in [-0.3, -0.25) is 4.79 Å². The highest BCUT2D eigenvalue weighted by atomic mass is 16.2. The number of aryl methyl sites for hydroxylation is 2. The van der Waals surface area contributed by atoms with Crippen LogP contribution in [0.1, 0.15) is 55.6 Å². The fourth-order valence-corrected chi connectivity index (χ4v) is 4.42. The van der Waals surface area contributed by atoms with Crippen LogP contribution in [0.4, 0.5) is 5.82 Å². The van der Waals surface area contributed by atoms with Crippen molar-refractivity contribution in [1.29, 1.82) is 0 Å². The van der Waals surface area contributed by atoms with Gasteiger partial charge in [-0.25, -0.2) is 9.97 Å². The number of carbonyl (C=O) groups excluding carboxylic acids is 1. The molecule has 0 bridgehead atoms. The molecule has 5 heteroatoms. The van der Waals surface area contributed by atoms with Crippen molar-refractivity contribution in [2.75, 3.05) is 24.5 Å². The molecule has 0 radical (unpaired) electrons. The van der Waals surface area contributed by atoms with Crippen LogP contribution < -0.4 is 4.90 Å². The number of hydrogen-bond acceptors (Lipinski definition) is 4. The van der Waals surface area contributed by atoms with Gasteiger partial charge in [0.05, 0.1) is 0 Å². The molecule has 24 heavy (non-hydrogen) atoms. The minimum Gasteiger partial charge on any atom is -0.356 e. The predicted molar refractivity (Wildman–Crippen MR) is 94.1 cm³/mol. The number of amides is 1. The van der Waals surface area contributed by atoms with Crippen molar-refractivity contribution in [2.45, 2.75) is 65.3 Å². The largest absolute Gasteiger partial charge is 0.356 e. The van der Waals surface area contributed by atoms with Crippen LogP contribution in [0, 0.1) is 26.2 Å². The lowest BCUT2D eigenvalue weighted by atomic mass is 9.72. The highest BCUT2D eigenvalue weighted by molar-refractivity contribution is 5.78. The molecule has 2 aliphatic heterocycles. The zero-order chi connectivity index (χ0) is 16.9. The van der Waals surface area contributed by atoms with Gasteiger partial charge in [0.1, 0.15) is 11.6 Å². The van der Waals surface area contributed by atoms with Gasteiger partial charge in [0.2, 0.25) is 5.91 Å². The molecule has 3 heterocycles. The van der Waals surface area contributed by atoms with E-state index in [1.807, 2.05) is 6.92 Å². The van der Waals surface area contributed by atoms with Crippen molar-refractivity contribution >= 4 is 11.7 Å². The molecule has 1 amide bonds. The summed E-state index contributed by atoms with van der Waals surface area (Å²) in [6.07, 6.45) is 6.60. The maximum atomic E-state index is 12.2. The quantitative estimate of drug-likeness (QED) is 0.837. The summed E-state index contributed by atoms with van der Waals surface area (Å²) < 4.78 is 0. The molecule has 2 saturated heterocycles. The molecule has 0 aromatic carbocycles. The number of likely N-dealkylation sites (tertiary alicyclic amines) is 1. The number of piperidine rings is 2. The van der Waals surface area contributed by atoms with E-state index in [1.54, 1.807) is 0 Å². The Morgan fingerprint density at radius 2 is 1.75 bits per heavy atom. The number of nitrogens with zero attached hydrogens (tertiary/aromatic N) is 4. The van der Waals surface area contributed by atoms with Crippen LogP contribution >= 0.6 is 0 Å². The zero-order valence-electron chi connectivity index (χ0n) is 15.1. The van der Waals surface area contributed by atoms with E-state index in [0.29, 0.717) is 17.4 Å². The molecular formula is C19H28N4O. The summed E-state index contributed by atoms with van der Waals surface area (Å²) in [7, 11) is 0. The summed E-state index contributed by atoms with van der Waals surface area (Å²) in [6.45, 7) is 9.25. The highest BCUT2D eigenvalue weighted by Gasteiger charge is 2.45. The van der Waals surface area contributed by atoms with E-state index in [1.165, 1.54) is 31.2 Å². The van der Waals surface area contributed by atoms with Gasteiger partial charge in [-0.05, 0) is 58.3 Å². The standard InChI is InChI=1S/C19H28N4O/c1-13-14(2)20-15(3)21-18(13)22-10-8-19(9-11-22)7-6-17(24)23(12-19)16-4-5-16/h16H,4-12H2,1-3H3. The monoisotopic (exact) mass is 328 g/mol. The lowest BCUT2D eigenvalue weighted by Crippen LogP contribution is -2.52. The summed E-state index contributed by atoms with van der Waals surface area (Å²) in [5.74, 6) is 2.36. The van der Waals surface area contributed by atoms with Crippen LogP contribution in [-0.2, 0) is 4.79 Å². The number of carbonyl (C=O) groups is 1. The fourth-order valence-electron chi connectivity index (χ4n) is 4.42. The SMILES string of the molecule is Cc1nc(C)c(C)c(N2CCC3(CCC(=O)N(C4CC4)C3)CC2)n1. The summed E-state index contributed by atoms with van der Waals surface area (Å²) in [6, 6.07) is 0.558. The van der Waals surface area contributed by atoms with Crippen molar-refractivity contribution in [2.24, 2.45) is 5.41 Å². The van der Waals surface area contributed by atoms with E-state index in [9.17, 15) is 4.79 Å². The maximum absolute atomic E-state index is 12.2. The lowest BCUT2D eigenvalue weighted by Gasteiger charge is -2.48. The smallest absolute Gasteiger partial charge is 0.222 e. The molecule has 1 aromatic rings. The van der Waals surface area contributed by atoms with Crippen molar-refractivity contribution in [1.82, 2.24) is 14.9 Å². The van der Waals surface area contributed by atoms with Gasteiger partial charge < -0.3 is 9.80 Å². The van der Waals surface area contributed by atoms with E-state index in [0.717, 1.165) is 49.8 Å². The van der Waals surface area contributed by atoms with Gasteiger partial charge in [-0.1, -0.05) is 0 Å². The Bertz CT molecular complexity index is 660. The second kappa shape index (κ2) is 5.71. The van der Waals surface area contributed by atoms with Crippen molar-refractivity contribution in [3.05, 3.63) is 17.1 Å². The summed E-state index contributed by atoms with van der Waals surface area (Å²) in [5, 5.41) is 0. The topological polar surface area (TPSA) is 49.3 Å². The minimum absolute atomic E-state index is 0.345. The number of rotatable bonds is 2. The Morgan fingerprint density at radius 3 is 2.42 bits per heavy atom. The average molecular weight is 328 g/mol. The van der Waals surface area contributed by atoms with Crippen molar-refractivity contribution < 1.29 is 4.79 Å². The molecule has 0 atom stereocenters. The van der Waals surface area contributed by atoms with Gasteiger partial charge in [0.15, 0.2) is 0 Å².